The Balaban J connectivity index is 2.74. The summed E-state index contributed by atoms with van der Waals surface area (Å²) in [6, 6.07) is 6.06. The van der Waals surface area contributed by atoms with Crippen molar-refractivity contribution in [3.63, 3.8) is 0 Å². The van der Waals surface area contributed by atoms with Crippen molar-refractivity contribution in [1.82, 2.24) is 5.32 Å². The summed E-state index contributed by atoms with van der Waals surface area (Å²) in [7, 11) is 1.31. The van der Waals surface area contributed by atoms with E-state index in [1.54, 1.807) is 19.1 Å². The molecule has 100 valence electrons. The third-order valence-electron chi connectivity index (χ3n) is 2.56. The second kappa shape index (κ2) is 6.35. The first-order valence-electron chi connectivity index (χ1n) is 5.74. The number of halogens is 1. The molecule has 0 aliphatic heterocycles. The summed E-state index contributed by atoms with van der Waals surface area (Å²) < 4.78 is 23.4. The Morgan fingerprint density at radius 2 is 2.11 bits per heavy atom. The number of carbonyl (C=O) groups excluding carboxylic acids is 1. The summed E-state index contributed by atoms with van der Waals surface area (Å²) in [5, 5.41) is 2.98. The van der Waals surface area contributed by atoms with Gasteiger partial charge in [-0.05, 0) is 25.6 Å². The van der Waals surface area contributed by atoms with Gasteiger partial charge in [0.2, 0.25) is 0 Å². The number of esters is 1. The van der Waals surface area contributed by atoms with E-state index in [2.05, 4.69) is 5.32 Å². The highest BCUT2D eigenvalue weighted by atomic mass is 19.1. The van der Waals surface area contributed by atoms with E-state index in [-0.39, 0.29) is 12.4 Å². The Kier molecular flexibility index (Phi) is 5.09. The van der Waals surface area contributed by atoms with Gasteiger partial charge in [0.25, 0.3) is 0 Å². The van der Waals surface area contributed by atoms with Crippen LogP contribution in [0.1, 0.15) is 13.8 Å². The molecule has 1 aromatic rings. The van der Waals surface area contributed by atoms with Crippen molar-refractivity contribution < 1.29 is 18.7 Å². The van der Waals surface area contributed by atoms with Gasteiger partial charge in [-0.2, -0.15) is 0 Å². The molecule has 5 heteroatoms. The molecule has 1 atom stereocenters. The molecule has 0 bridgehead atoms. The molecule has 0 saturated heterocycles. The van der Waals surface area contributed by atoms with Crippen molar-refractivity contribution in [2.45, 2.75) is 19.4 Å². The molecule has 0 fully saturated rings. The summed E-state index contributed by atoms with van der Waals surface area (Å²) >= 11 is 0. The molecule has 1 N–H and O–H groups in total. The normalized spacial score (nSPS) is 13.8. The Morgan fingerprint density at radius 1 is 1.44 bits per heavy atom. The van der Waals surface area contributed by atoms with Crippen LogP contribution >= 0.6 is 0 Å². The topological polar surface area (TPSA) is 47.6 Å². The minimum absolute atomic E-state index is 0.00551. The molecule has 18 heavy (non-hydrogen) atoms. The summed E-state index contributed by atoms with van der Waals surface area (Å²) in [6.45, 7) is 4.09. The largest absolute Gasteiger partial charge is 0.488 e. The van der Waals surface area contributed by atoms with Crippen molar-refractivity contribution >= 4 is 5.97 Å². The fourth-order valence-corrected chi connectivity index (χ4v) is 1.58. The molecule has 1 rings (SSSR count). The quantitative estimate of drug-likeness (QED) is 0.787. The molecule has 0 aliphatic carbocycles. The van der Waals surface area contributed by atoms with Crippen LogP contribution in [0.4, 0.5) is 4.39 Å². The molecular weight excluding hydrogens is 237 g/mol. The van der Waals surface area contributed by atoms with Crippen molar-refractivity contribution in [2.75, 3.05) is 20.3 Å². The first kappa shape index (κ1) is 14.4. The minimum Gasteiger partial charge on any atom is -0.488 e. The maximum Gasteiger partial charge on any atom is 0.329 e. The number of rotatable bonds is 6. The number of methoxy groups -OCH3 is 1. The van der Waals surface area contributed by atoms with Crippen LogP contribution < -0.4 is 10.1 Å². The summed E-state index contributed by atoms with van der Waals surface area (Å²) in [5.74, 6) is -0.785. The first-order chi connectivity index (χ1) is 8.53. The van der Waals surface area contributed by atoms with Gasteiger partial charge >= 0.3 is 5.97 Å². The second-order valence-corrected chi connectivity index (χ2v) is 4.07. The molecule has 1 unspecified atom stereocenters. The van der Waals surface area contributed by atoms with Crippen LogP contribution in [-0.2, 0) is 9.53 Å². The number of carbonyl (C=O) groups is 1. The zero-order chi connectivity index (χ0) is 13.6. The number of benzene rings is 1. The molecule has 0 aromatic heterocycles. The van der Waals surface area contributed by atoms with Crippen molar-refractivity contribution in [2.24, 2.45) is 0 Å². The maximum absolute atomic E-state index is 13.4. The molecule has 0 heterocycles. The first-order valence-corrected chi connectivity index (χ1v) is 5.74. The van der Waals surface area contributed by atoms with Crippen molar-refractivity contribution in [1.29, 1.82) is 0 Å². The predicted molar refractivity (Wildman–Crippen MR) is 66.0 cm³/mol. The van der Waals surface area contributed by atoms with E-state index in [1.807, 2.05) is 6.92 Å². The molecule has 1 aromatic carbocycles. The molecule has 0 radical (unpaired) electrons. The standard InChI is InChI=1S/C13H18FNO3/c1-4-15-13(2,12(16)17-3)9-18-11-8-6-5-7-10(11)14/h5-8,15H,4,9H2,1-3H3. The maximum atomic E-state index is 13.4. The molecule has 0 saturated carbocycles. The van der Waals surface area contributed by atoms with Crippen molar-refractivity contribution in [3.8, 4) is 5.75 Å². The van der Waals surface area contributed by atoms with Gasteiger partial charge in [0, 0.05) is 0 Å². The average molecular weight is 255 g/mol. The minimum atomic E-state index is -0.994. The van der Waals surface area contributed by atoms with E-state index in [1.165, 1.54) is 19.2 Å². The monoisotopic (exact) mass is 255 g/mol. The van der Waals surface area contributed by atoms with Gasteiger partial charge < -0.3 is 9.47 Å². The molecular formula is C13H18FNO3. The van der Waals surface area contributed by atoms with E-state index < -0.39 is 17.3 Å². The lowest BCUT2D eigenvalue weighted by Crippen LogP contribution is -2.54. The lowest BCUT2D eigenvalue weighted by molar-refractivity contribution is -0.149. The number of hydrogen-bond acceptors (Lipinski definition) is 4. The van der Waals surface area contributed by atoms with E-state index in [0.717, 1.165) is 0 Å². The summed E-state index contributed by atoms with van der Waals surface area (Å²) in [4.78, 5) is 11.7. The van der Waals surface area contributed by atoms with Crippen LogP contribution in [0, 0.1) is 5.82 Å². The van der Waals surface area contributed by atoms with Crippen molar-refractivity contribution in [3.05, 3.63) is 30.1 Å². The fourth-order valence-electron chi connectivity index (χ4n) is 1.58. The van der Waals surface area contributed by atoms with Gasteiger partial charge in [0.15, 0.2) is 11.6 Å². The Hall–Kier alpha value is -1.62. The van der Waals surface area contributed by atoms with E-state index in [4.69, 9.17) is 9.47 Å². The summed E-state index contributed by atoms with van der Waals surface area (Å²) in [6.07, 6.45) is 0. The van der Waals surface area contributed by atoms with Crippen LogP contribution in [0.25, 0.3) is 0 Å². The number of hydrogen-bond donors (Lipinski definition) is 1. The van der Waals surface area contributed by atoms with Crippen LogP contribution in [0.5, 0.6) is 5.75 Å². The van der Waals surface area contributed by atoms with E-state index >= 15 is 0 Å². The molecule has 0 aliphatic rings. The highest BCUT2D eigenvalue weighted by Crippen LogP contribution is 2.17. The average Bonchev–Trinajstić information content (AvgIpc) is 2.37. The Bertz CT molecular complexity index is 411. The predicted octanol–water partition coefficient (Wildman–Crippen LogP) is 1.75. The van der Waals surface area contributed by atoms with Gasteiger partial charge in [-0.1, -0.05) is 19.1 Å². The lowest BCUT2D eigenvalue weighted by Gasteiger charge is -2.27. The highest BCUT2D eigenvalue weighted by Gasteiger charge is 2.34. The zero-order valence-corrected chi connectivity index (χ0v) is 10.8. The Morgan fingerprint density at radius 3 is 2.67 bits per heavy atom. The number of likely N-dealkylation sites (N-methyl/N-ethyl adjacent to an activating group) is 1. The smallest absolute Gasteiger partial charge is 0.329 e. The van der Waals surface area contributed by atoms with Gasteiger partial charge in [0.1, 0.15) is 12.1 Å². The third-order valence-corrected chi connectivity index (χ3v) is 2.56. The van der Waals surface area contributed by atoms with Crippen LogP contribution in [0.3, 0.4) is 0 Å². The van der Waals surface area contributed by atoms with E-state index in [0.29, 0.717) is 6.54 Å². The fraction of sp³-hybridized carbons (Fsp3) is 0.462. The molecule has 0 spiro atoms. The Labute approximate surface area is 106 Å². The zero-order valence-electron chi connectivity index (χ0n) is 10.8. The van der Waals surface area contributed by atoms with Crippen LogP contribution in [-0.4, -0.2) is 31.8 Å². The summed E-state index contributed by atoms with van der Waals surface area (Å²) in [5.41, 5.74) is -0.994. The lowest BCUT2D eigenvalue weighted by atomic mass is 10.0. The number of para-hydroxylation sites is 1. The third kappa shape index (κ3) is 3.43. The van der Waals surface area contributed by atoms with Crippen LogP contribution in [0.2, 0.25) is 0 Å². The van der Waals surface area contributed by atoms with Gasteiger partial charge in [-0.3, -0.25) is 5.32 Å². The van der Waals surface area contributed by atoms with Gasteiger partial charge in [-0.25, -0.2) is 9.18 Å². The molecule has 4 nitrogen and oxygen atoms in total. The van der Waals surface area contributed by atoms with E-state index in [9.17, 15) is 9.18 Å². The molecule has 0 amide bonds. The SMILES string of the molecule is CCNC(C)(COc1ccccc1F)C(=O)OC. The van der Waals surface area contributed by atoms with Gasteiger partial charge in [-0.15, -0.1) is 0 Å². The van der Waals surface area contributed by atoms with Gasteiger partial charge in [0.05, 0.1) is 7.11 Å². The number of nitrogens with one attached hydrogen (secondary N) is 1. The second-order valence-electron chi connectivity index (χ2n) is 4.07. The van der Waals surface area contributed by atoms with Crippen LogP contribution in [0.15, 0.2) is 24.3 Å². The highest BCUT2D eigenvalue weighted by molar-refractivity contribution is 5.80. The number of ether oxygens (including phenoxy) is 2.